The van der Waals surface area contributed by atoms with Gasteiger partial charge in [-0.25, -0.2) is 0 Å². The van der Waals surface area contributed by atoms with E-state index in [0.717, 1.165) is 57.0 Å². The average molecular weight is 278 g/mol. The van der Waals surface area contributed by atoms with E-state index in [1.54, 1.807) is 0 Å². The molecule has 6 heteroatoms. The van der Waals surface area contributed by atoms with Crippen LogP contribution in [0, 0.1) is 0 Å². The Hall–Kier alpha value is -1.43. The predicted octanol–water partition coefficient (Wildman–Crippen LogP) is 1.44. The van der Waals surface area contributed by atoms with Gasteiger partial charge in [-0.05, 0) is 32.2 Å². The van der Waals surface area contributed by atoms with Crippen molar-refractivity contribution >= 4 is 5.97 Å². The Balaban J connectivity index is 1.71. The number of aryl methyl sites for hydroxylation is 1. The molecule has 0 bridgehead atoms. The molecule has 0 spiro atoms. The van der Waals surface area contributed by atoms with Gasteiger partial charge >= 0.3 is 5.97 Å². The van der Waals surface area contributed by atoms with E-state index in [1.807, 2.05) is 0 Å². The number of carbonyl (C=O) groups is 1. The minimum Gasteiger partial charge on any atom is -0.481 e. The number of nitrogens with zero attached hydrogens (tertiary/aromatic N) is 4. The van der Waals surface area contributed by atoms with E-state index in [2.05, 4.69) is 19.7 Å². The fourth-order valence-corrected chi connectivity index (χ4v) is 3.37. The molecule has 3 heterocycles. The standard InChI is InChI=1S/C14H22N4O2/c19-14(20)9-11-5-1-3-7-17(11)10-13-16-15-12-6-2-4-8-18(12)13/h11H,1-10H2,(H,19,20). The third kappa shape index (κ3) is 2.85. The molecule has 1 saturated heterocycles. The van der Waals surface area contributed by atoms with Gasteiger partial charge in [0.15, 0.2) is 0 Å². The van der Waals surface area contributed by atoms with E-state index in [1.165, 1.54) is 12.8 Å². The average Bonchev–Trinajstić information content (AvgIpc) is 2.84. The summed E-state index contributed by atoms with van der Waals surface area (Å²) in [4.78, 5) is 13.3. The molecular weight excluding hydrogens is 256 g/mol. The second kappa shape index (κ2) is 5.91. The van der Waals surface area contributed by atoms with Gasteiger partial charge in [0.25, 0.3) is 0 Å². The van der Waals surface area contributed by atoms with E-state index in [4.69, 9.17) is 5.11 Å². The van der Waals surface area contributed by atoms with Crippen molar-refractivity contribution in [3.63, 3.8) is 0 Å². The summed E-state index contributed by atoms with van der Waals surface area (Å²) >= 11 is 0. The van der Waals surface area contributed by atoms with Crippen molar-refractivity contribution in [2.45, 2.75) is 64.1 Å². The van der Waals surface area contributed by atoms with Gasteiger partial charge in [0.05, 0.1) is 13.0 Å². The van der Waals surface area contributed by atoms with E-state index in [0.29, 0.717) is 0 Å². The minimum absolute atomic E-state index is 0.151. The molecule has 1 unspecified atom stereocenters. The highest BCUT2D eigenvalue weighted by molar-refractivity contribution is 5.67. The van der Waals surface area contributed by atoms with Crippen molar-refractivity contribution in [3.8, 4) is 0 Å². The Morgan fingerprint density at radius 3 is 2.90 bits per heavy atom. The molecule has 2 aliphatic rings. The molecule has 6 nitrogen and oxygen atoms in total. The second-order valence-corrected chi connectivity index (χ2v) is 5.86. The van der Waals surface area contributed by atoms with E-state index < -0.39 is 5.97 Å². The molecule has 1 atom stereocenters. The van der Waals surface area contributed by atoms with Crippen molar-refractivity contribution in [3.05, 3.63) is 11.6 Å². The van der Waals surface area contributed by atoms with Crippen LogP contribution >= 0.6 is 0 Å². The van der Waals surface area contributed by atoms with Gasteiger partial charge in [0, 0.05) is 19.0 Å². The maximum atomic E-state index is 11.0. The van der Waals surface area contributed by atoms with Gasteiger partial charge in [0.1, 0.15) is 11.6 Å². The first-order chi connectivity index (χ1) is 9.74. The highest BCUT2D eigenvalue weighted by atomic mass is 16.4. The van der Waals surface area contributed by atoms with Crippen molar-refractivity contribution in [2.75, 3.05) is 6.54 Å². The van der Waals surface area contributed by atoms with Crippen LogP contribution in [0.3, 0.4) is 0 Å². The number of fused-ring (bicyclic) bond motifs is 1. The molecular formula is C14H22N4O2. The highest BCUT2D eigenvalue weighted by Gasteiger charge is 2.27. The van der Waals surface area contributed by atoms with Crippen LogP contribution in [-0.2, 0) is 24.3 Å². The Kier molecular flexibility index (Phi) is 4.00. The zero-order valence-electron chi connectivity index (χ0n) is 11.8. The summed E-state index contributed by atoms with van der Waals surface area (Å²) in [5.41, 5.74) is 0. The van der Waals surface area contributed by atoms with Crippen molar-refractivity contribution < 1.29 is 9.90 Å². The molecule has 1 aromatic heterocycles. The maximum Gasteiger partial charge on any atom is 0.304 e. The topological polar surface area (TPSA) is 71.2 Å². The fraction of sp³-hybridized carbons (Fsp3) is 0.786. The highest BCUT2D eigenvalue weighted by Crippen LogP contribution is 2.23. The molecule has 0 saturated carbocycles. The number of hydrogen-bond acceptors (Lipinski definition) is 4. The van der Waals surface area contributed by atoms with Gasteiger partial charge in [-0.1, -0.05) is 6.42 Å². The lowest BCUT2D eigenvalue weighted by atomic mass is 9.99. The van der Waals surface area contributed by atoms with Crippen LogP contribution in [0.25, 0.3) is 0 Å². The largest absolute Gasteiger partial charge is 0.481 e. The molecule has 0 aromatic carbocycles. The lowest BCUT2D eigenvalue weighted by molar-refractivity contribution is -0.138. The van der Waals surface area contributed by atoms with Crippen LogP contribution in [0.15, 0.2) is 0 Å². The number of aliphatic carboxylic acids is 1. The summed E-state index contributed by atoms with van der Waals surface area (Å²) in [6.45, 7) is 2.72. The molecule has 0 amide bonds. The Morgan fingerprint density at radius 2 is 2.05 bits per heavy atom. The van der Waals surface area contributed by atoms with Crippen LogP contribution in [0.5, 0.6) is 0 Å². The van der Waals surface area contributed by atoms with Gasteiger partial charge < -0.3 is 9.67 Å². The summed E-state index contributed by atoms with van der Waals surface area (Å²) in [7, 11) is 0. The maximum absolute atomic E-state index is 11.0. The number of rotatable bonds is 4. The Bertz CT molecular complexity index is 486. The number of carboxylic acids is 1. The number of piperidine rings is 1. The van der Waals surface area contributed by atoms with Crippen LogP contribution < -0.4 is 0 Å². The molecule has 0 aliphatic carbocycles. The van der Waals surface area contributed by atoms with Crippen molar-refractivity contribution in [1.82, 2.24) is 19.7 Å². The lowest BCUT2D eigenvalue weighted by Gasteiger charge is -2.34. The smallest absolute Gasteiger partial charge is 0.304 e. The molecule has 2 aliphatic heterocycles. The predicted molar refractivity (Wildman–Crippen MR) is 73.3 cm³/mol. The fourth-order valence-electron chi connectivity index (χ4n) is 3.37. The van der Waals surface area contributed by atoms with Crippen molar-refractivity contribution in [1.29, 1.82) is 0 Å². The first-order valence-electron chi connectivity index (χ1n) is 7.61. The van der Waals surface area contributed by atoms with E-state index in [-0.39, 0.29) is 12.5 Å². The number of likely N-dealkylation sites (tertiary alicyclic amines) is 1. The molecule has 110 valence electrons. The molecule has 1 aromatic rings. The summed E-state index contributed by atoms with van der Waals surface area (Å²) in [6.07, 6.45) is 6.91. The zero-order chi connectivity index (χ0) is 13.9. The minimum atomic E-state index is -0.704. The molecule has 0 radical (unpaired) electrons. The molecule has 3 rings (SSSR count). The number of carboxylic acid groups (broad SMARTS) is 1. The summed E-state index contributed by atoms with van der Waals surface area (Å²) < 4.78 is 2.23. The Morgan fingerprint density at radius 1 is 1.20 bits per heavy atom. The monoisotopic (exact) mass is 278 g/mol. The van der Waals surface area contributed by atoms with Crippen LogP contribution in [0.2, 0.25) is 0 Å². The van der Waals surface area contributed by atoms with Crippen molar-refractivity contribution in [2.24, 2.45) is 0 Å². The first kappa shape index (κ1) is 13.5. The normalized spacial score (nSPS) is 23.5. The SMILES string of the molecule is O=C(O)CC1CCCCN1Cc1nnc2n1CCCC2. The third-order valence-corrected chi connectivity index (χ3v) is 4.44. The summed E-state index contributed by atoms with van der Waals surface area (Å²) in [6, 6.07) is 0.151. The van der Waals surface area contributed by atoms with Crippen LogP contribution in [0.4, 0.5) is 0 Å². The number of hydrogen-bond donors (Lipinski definition) is 1. The lowest BCUT2D eigenvalue weighted by Crippen LogP contribution is -2.41. The van der Waals surface area contributed by atoms with E-state index >= 15 is 0 Å². The van der Waals surface area contributed by atoms with Gasteiger partial charge in [-0.15, -0.1) is 10.2 Å². The van der Waals surface area contributed by atoms with Crippen LogP contribution in [-0.4, -0.2) is 43.3 Å². The quantitative estimate of drug-likeness (QED) is 0.902. The summed E-state index contributed by atoms with van der Waals surface area (Å²) in [5.74, 6) is 1.40. The number of aromatic nitrogens is 3. The zero-order valence-corrected chi connectivity index (χ0v) is 11.8. The molecule has 1 fully saturated rings. The second-order valence-electron chi connectivity index (χ2n) is 5.86. The van der Waals surface area contributed by atoms with E-state index in [9.17, 15) is 4.79 Å². The molecule has 1 N–H and O–H groups in total. The van der Waals surface area contributed by atoms with Gasteiger partial charge in [0.2, 0.25) is 0 Å². The first-order valence-corrected chi connectivity index (χ1v) is 7.61. The third-order valence-electron chi connectivity index (χ3n) is 4.44. The van der Waals surface area contributed by atoms with Crippen LogP contribution in [0.1, 0.15) is 50.2 Å². The molecule has 20 heavy (non-hydrogen) atoms. The van der Waals surface area contributed by atoms with Gasteiger partial charge in [-0.2, -0.15) is 0 Å². The summed E-state index contributed by atoms with van der Waals surface area (Å²) in [5, 5.41) is 17.6. The Labute approximate surface area is 118 Å². The van der Waals surface area contributed by atoms with Gasteiger partial charge in [-0.3, -0.25) is 9.69 Å².